The Balaban J connectivity index is 2.56. The van der Waals surface area contributed by atoms with Crippen molar-refractivity contribution in [3.8, 4) is 0 Å². The zero-order chi connectivity index (χ0) is 19.9. The Kier molecular flexibility index (Phi) is 5.55. The van der Waals surface area contributed by atoms with Crippen LogP contribution in [-0.4, -0.2) is 56.7 Å². The van der Waals surface area contributed by atoms with Crippen LogP contribution in [0.1, 0.15) is 38.9 Å². The first kappa shape index (κ1) is 20.5. The van der Waals surface area contributed by atoms with E-state index in [2.05, 4.69) is 0 Å². The molecule has 1 heterocycles. The molecule has 0 aromatic heterocycles. The van der Waals surface area contributed by atoms with E-state index in [9.17, 15) is 33.3 Å². The van der Waals surface area contributed by atoms with Gasteiger partial charge in [-0.25, -0.2) is 18.0 Å². The first-order valence-electron chi connectivity index (χ1n) is 8.01. The molecule has 1 aromatic rings. The van der Waals surface area contributed by atoms with Gasteiger partial charge in [0, 0.05) is 23.6 Å². The van der Waals surface area contributed by atoms with Crippen LogP contribution < -0.4 is 0 Å². The zero-order valence-electron chi connectivity index (χ0n) is 14.7. The van der Waals surface area contributed by atoms with Gasteiger partial charge in [0.05, 0.1) is 19.3 Å². The second-order valence-corrected chi connectivity index (χ2v) is 7.50. The first-order chi connectivity index (χ1) is 11.9. The fourth-order valence-electron chi connectivity index (χ4n) is 3.23. The maximum Gasteiger partial charge on any atom is 0.408 e. The van der Waals surface area contributed by atoms with Gasteiger partial charge >= 0.3 is 6.09 Å². The molecule has 1 amide bonds. The molecule has 3 N–H and O–H groups in total. The molecule has 0 spiro atoms. The van der Waals surface area contributed by atoms with Gasteiger partial charge in [0.25, 0.3) is 0 Å². The lowest BCUT2D eigenvalue weighted by Gasteiger charge is -2.48. The van der Waals surface area contributed by atoms with E-state index in [-0.39, 0.29) is 12.0 Å². The molecule has 1 saturated heterocycles. The minimum absolute atomic E-state index is 0.268. The quantitative estimate of drug-likeness (QED) is 0.704. The van der Waals surface area contributed by atoms with Gasteiger partial charge in [-0.1, -0.05) is 0 Å². The third-order valence-electron chi connectivity index (χ3n) is 4.37. The molecule has 1 aliphatic rings. The smallest absolute Gasteiger partial charge is 0.408 e. The van der Waals surface area contributed by atoms with Crippen molar-refractivity contribution >= 4 is 6.09 Å². The molecule has 1 aliphatic heterocycles. The number of rotatable bonds is 3. The van der Waals surface area contributed by atoms with Gasteiger partial charge in [-0.15, -0.1) is 0 Å². The number of benzene rings is 1. The summed E-state index contributed by atoms with van der Waals surface area (Å²) in [6.07, 6.45) is -2.91. The van der Waals surface area contributed by atoms with E-state index in [0.717, 1.165) is 4.90 Å². The number of carbonyl (C=O) groups is 1. The van der Waals surface area contributed by atoms with E-state index in [1.54, 1.807) is 20.8 Å². The fraction of sp³-hybridized carbons (Fsp3) is 0.588. The number of aliphatic hydroxyl groups is 2. The molecule has 9 heteroatoms. The van der Waals surface area contributed by atoms with Crippen molar-refractivity contribution in [3.63, 3.8) is 0 Å². The Labute approximate surface area is 148 Å². The Morgan fingerprint density at radius 2 is 1.85 bits per heavy atom. The van der Waals surface area contributed by atoms with Gasteiger partial charge in [-0.3, -0.25) is 4.90 Å². The lowest BCUT2D eigenvalue weighted by molar-refractivity contribution is -0.175. The number of ether oxygens (including phenoxy) is 1. The molecule has 0 bridgehead atoms. The van der Waals surface area contributed by atoms with Crippen LogP contribution in [0.15, 0.2) is 12.1 Å². The maximum atomic E-state index is 14.3. The monoisotopic (exact) mass is 377 g/mol. The van der Waals surface area contributed by atoms with Gasteiger partial charge in [0.2, 0.25) is 0 Å². The number of halogens is 3. The van der Waals surface area contributed by atoms with E-state index in [1.165, 1.54) is 0 Å². The minimum Gasteiger partial charge on any atom is -0.465 e. The van der Waals surface area contributed by atoms with Crippen LogP contribution in [0, 0.1) is 17.5 Å². The van der Waals surface area contributed by atoms with E-state index in [1.807, 2.05) is 0 Å². The van der Waals surface area contributed by atoms with Gasteiger partial charge in [-0.2, -0.15) is 0 Å². The molecule has 26 heavy (non-hydrogen) atoms. The van der Waals surface area contributed by atoms with E-state index in [0.29, 0.717) is 12.1 Å². The zero-order valence-corrected chi connectivity index (χ0v) is 14.7. The Morgan fingerprint density at radius 1 is 1.27 bits per heavy atom. The summed E-state index contributed by atoms with van der Waals surface area (Å²) in [5.41, 5.74) is -3.07. The molecule has 1 unspecified atom stereocenters. The van der Waals surface area contributed by atoms with Crippen molar-refractivity contribution < 1.29 is 38.0 Å². The van der Waals surface area contributed by atoms with Crippen LogP contribution in [0.2, 0.25) is 0 Å². The van der Waals surface area contributed by atoms with Crippen LogP contribution in [0.5, 0.6) is 0 Å². The molecule has 2 rings (SSSR count). The highest BCUT2D eigenvalue weighted by Crippen LogP contribution is 2.40. The number of nitrogens with zero attached hydrogens (tertiary/aromatic N) is 1. The van der Waals surface area contributed by atoms with Crippen LogP contribution in [-0.2, 0) is 4.74 Å². The van der Waals surface area contributed by atoms with Gasteiger partial charge in [0.1, 0.15) is 17.5 Å². The van der Waals surface area contributed by atoms with Crippen molar-refractivity contribution in [2.75, 3.05) is 13.2 Å². The standard InChI is InChI=1S/C17H22F3NO5/c1-16(2,3)21(15(23)24)13-6-17(25,7-22)8-26-14(13)9-4-11(19)12(20)5-10(9)18/h4-5,13-14,22,25H,6-8H2,1-3H3,(H,23,24)/t13-,14-,17?/m0/s1. The van der Waals surface area contributed by atoms with Crippen molar-refractivity contribution in [3.05, 3.63) is 35.1 Å². The van der Waals surface area contributed by atoms with E-state index in [4.69, 9.17) is 4.74 Å². The maximum absolute atomic E-state index is 14.3. The Bertz CT molecular complexity index is 694. The van der Waals surface area contributed by atoms with E-state index < -0.39 is 60.0 Å². The summed E-state index contributed by atoms with van der Waals surface area (Å²) in [5, 5.41) is 29.4. The number of carboxylic acid groups (broad SMARTS) is 1. The van der Waals surface area contributed by atoms with Crippen LogP contribution in [0.4, 0.5) is 18.0 Å². The first-order valence-corrected chi connectivity index (χ1v) is 8.01. The van der Waals surface area contributed by atoms with E-state index >= 15 is 0 Å². The summed E-state index contributed by atoms with van der Waals surface area (Å²) in [6, 6.07) is -0.160. The summed E-state index contributed by atoms with van der Waals surface area (Å²) in [6.45, 7) is 3.65. The summed E-state index contributed by atoms with van der Waals surface area (Å²) >= 11 is 0. The predicted molar refractivity (Wildman–Crippen MR) is 85.1 cm³/mol. The third kappa shape index (κ3) is 3.94. The van der Waals surface area contributed by atoms with Crippen molar-refractivity contribution in [1.29, 1.82) is 0 Å². The third-order valence-corrected chi connectivity index (χ3v) is 4.37. The normalized spacial score (nSPS) is 26.6. The van der Waals surface area contributed by atoms with Crippen LogP contribution in [0.25, 0.3) is 0 Å². The summed E-state index contributed by atoms with van der Waals surface area (Å²) in [5.74, 6) is -3.77. The summed E-state index contributed by atoms with van der Waals surface area (Å²) in [7, 11) is 0. The van der Waals surface area contributed by atoms with Crippen LogP contribution in [0.3, 0.4) is 0 Å². The average molecular weight is 377 g/mol. The molecular weight excluding hydrogens is 355 g/mol. The molecule has 6 nitrogen and oxygen atoms in total. The molecule has 146 valence electrons. The topological polar surface area (TPSA) is 90.2 Å². The predicted octanol–water partition coefficient (Wildman–Crippen LogP) is 2.44. The minimum atomic E-state index is -1.74. The van der Waals surface area contributed by atoms with Gasteiger partial charge in [0.15, 0.2) is 11.6 Å². The number of hydrogen-bond acceptors (Lipinski definition) is 4. The lowest BCUT2D eigenvalue weighted by Crippen LogP contribution is -2.60. The highest BCUT2D eigenvalue weighted by molar-refractivity contribution is 5.66. The fourth-order valence-corrected chi connectivity index (χ4v) is 3.23. The molecule has 0 aliphatic carbocycles. The van der Waals surface area contributed by atoms with Gasteiger partial charge < -0.3 is 20.1 Å². The molecule has 0 saturated carbocycles. The Morgan fingerprint density at radius 3 is 2.35 bits per heavy atom. The van der Waals surface area contributed by atoms with Crippen molar-refractivity contribution in [2.24, 2.45) is 0 Å². The highest BCUT2D eigenvalue weighted by atomic mass is 19.2. The molecule has 3 atom stereocenters. The number of hydrogen-bond donors (Lipinski definition) is 3. The highest BCUT2D eigenvalue weighted by Gasteiger charge is 2.48. The molecule has 0 radical (unpaired) electrons. The molecule has 1 fully saturated rings. The summed E-state index contributed by atoms with van der Waals surface area (Å²) < 4.78 is 46.6. The van der Waals surface area contributed by atoms with Crippen molar-refractivity contribution in [2.45, 2.75) is 50.5 Å². The second-order valence-electron chi connectivity index (χ2n) is 7.50. The summed E-state index contributed by atoms with van der Waals surface area (Å²) in [4.78, 5) is 12.8. The average Bonchev–Trinajstić information content (AvgIpc) is 2.50. The number of amides is 1. The SMILES string of the molecule is CC(C)(C)N(C(=O)O)[C@H]1CC(O)(CO)CO[C@H]1c1cc(F)c(F)cc1F. The largest absolute Gasteiger partial charge is 0.465 e. The van der Waals surface area contributed by atoms with Crippen molar-refractivity contribution in [1.82, 2.24) is 4.90 Å². The molecule has 1 aromatic carbocycles. The van der Waals surface area contributed by atoms with Crippen LogP contribution >= 0.6 is 0 Å². The Hall–Kier alpha value is -1.84. The second kappa shape index (κ2) is 7.05. The number of aliphatic hydroxyl groups excluding tert-OH is 1. The molecular formula is C17H22F3NO5. The lowest BCUT2D eigenvalue weighted by atomic mass is 9.84. The van der Waals surface area contributed by atoms with Gasteiger partial charge in [-0.05, 0) is 26.8 Å².